The monoisotopic (exact) mass is 298 g/mol. The van der Waals surface area contributed by atoms with Crippen LogP contribution < -0.4 is 10.0 Å². The van der Waals surface area contributed by atoms with Crippen LogP contribution in [0.2, 0.25) is 0 Å². The van der Waals surface area contributed by atoms with E-state index in [0.717, 1.165) is 18.4 Å². The summed E-state index contributed by atoms with van der Waals surface area (Å²) in [5, 5.41) is 3.11. The summed E-state index contributed by atoms with van der Waals surface area (Å²) in [5.74, 6) is 0. The number of sulfonamides is 1. The van der Waals surface area contributed by atoms with Gasteiger partial charge in [-0.25, -0.2) is 13.1 Å². The molecule has 0 amide bonds. The fraction of sp³-hybridized carbons (Fsp3) is 0.571. The number of ether oxygens (including phenoxy) is 1. The molecule has 1 atom stereocenters. The van der Waals surface area contributed by atoms with E-state index >= 15 is 0 Å². The minimum atomic E-state index is -3.46. The summed E-state index contributed by atoms with van der Waals surface area (Å²) in [4.78, 5) is 0.323. The van der Waals surface area contributed by atoms with E-state index in [1.807, 2.05) is 20.0 Å². The van der Waals surface area contributed by atoms with Gasteiger partial charge in [-0.3, -0.25) is 0 Å². The van der Waals surface area contributed by atoms with Gasteiger partial charge in [0.1, 0.15) is 0 Å². The van der Waals surface area contributed by atoms with Gasteiger partial charge in [0.2, 0.25) is 10.0 Å². The number of rotatable bonds is 5. The summed E-state index contributed by atoms with van der Waals surface area (Å²) in [6.07, 6.45) is 1.46. The van der Waals surface area contributed by atoms with Crippen LogP contribution in [0, 0.1) is 0 Å². The number of nitrogens with one attached hydrogen (secondary N) is 2. The van der Waals surface area contributed by atoms with Gasteiger partial charge in [-0.1, -0.05) is 12.1 Å². The molecule has 20 heavy (non-hydrogen) atoms. The molecule has 1 aliphatic rings. The number of hydrogen-bond donors (Lipinski definition) is 2. The average Bonchev–Trinajstić information content (AvgIpc) is 2.47. The highest BCUT2D eigenvalue weighted by molar-refractivity contribution is 7.89. The first kappa shape index (κ1) is 15.4. The minimum Gasteiger partial charge on any atom is -0.381 e. The second-order valence-corrected chi connectivity index (χ2v) is 6.80. The maximum atomic E-state index is 12.4. The molecule has 0 aromatic heterocycles. The van der Waals surface area contributed by atoms with Crippen LogP contribution in [0.15, 0.2) is 29.2 Å². The smallest absolute Gasteiger partial charge is 0.240 e. The Balaban J connectivity index is 2.16. The largest absolute Gasteiger partial charge is 0.381 e. The van der Waals surface area contributed by atoms with Crippen LogP contribution in [0.4, 0.5) is 0 Å². The van der Waals surface area contributed by atoms with Crippen molar-refractivity contribution in [1.82, 2.24) is 10.0 Å². The lowest BCUT2D eigenvalue weighted by atomic mass is 10.1. The number of hydrogen-bond acceptors (Lipinski definition) is 4. The molecule has 0 saturated carbocycles. The molecular formula is C14H22N2O3S. The average molecular weight is 298 g/mol. The Morgan fingerprint density at radius 3 is 2.65 bits per heavy atom. The van der Waals surface area contributed by atoms with E-state index in [4.69, 9.17) is 4.74 Å². The summed E-state index contributed by atoms with van der Waals surface area (Å²) >= 11 is 0. The standard InChI is InChI=1S/C14H22N2O3S/c1-11(15-2)12-4-3-5-14(10-12)20(17,18)16-13-6-8-19-9-7-13/h3-5,10-11,13,15-16H,6-9H2,1-2H3. The van der Waals surface area contributed by atoms with Crippen LogP contribution in [0.1, 0.15) is 31.4 Å². The maximum Gasteiger partial charge on any atom is 0.240 e. The van der Waals surface area contributed by atoms with Crippen LogP contribution in [0.5, 0.6) is 0 Å². The Hall–Kier alpha value is -0.950. The number of benzene rings is 1. The third kappa shape index (κ3) is 3.79. The second-order valence-electron chi connectivity index (χ2n) is 5.09. The summed E-state index contributed by atoms with van der Waals surface area (Å²) in [6, 6.07) is 7.15. The molecule has 1 saturated heterocycles. The van der Waals surface area contributed by atoms with Crippen molar-refractivity contribution < 1.29 is 13.2 Å². The van der Waals surface area contributed by atoms with Crippen molar-refractivity contribution in [3.8, 4) is 0 Å². The summed E-state index contributed by atoms with van der Waals surface area (Å²) in [5.41, 5.74) is 0.961. The minimum absolute atomic E-state index is 0.0286. The van der Waals surface area contributed by atoms with Crippen molar-refractivity contribution in [1.29, 1.82) is 0 Å². The molecule has 1 aliphatic heterocycles. The van der Waals surface area contributed by atoms with Gasteiger partial charge in [0.15, 0.2) is 0 Å². The SMILES string of the molecule is CNC(C)c1cccc(S(=O)(=O)NC2CCOCC2)c1. The molecule has 1 aromatic rings. The Bertz CT molecular complexity index is 539. The van der Waals surface area contributed by atoms with Crippen LogP contribution in [0.3, 0.4) is 0 Å². The second kappa shape index (κ2) is 6.67. The fourth-order valence-corrected chi connectivity index (χ4v) is 3.58. The predicted molar refractivity (Wildman–Crippen MR) is 78.1 cm³/mol. The molecule has 0 spiro atoms. The van der Waals surface area contributed by atoms with Gasteiger partial charge in [-0.2, -0.15) is 0 Å². The normalized spacial score (nSPS) is 18.9. The van der Waals surface area contributed by atoms with E-state index in [0.29, 0.717) is 18.1 Å². The molecule has 112 valence electrons. The van der Waals surface area contributed by atoms with Crippen molar-refractivity contribution >= 4 is 10.0 Å². The predicted octanol–water partition coefficient (Wildman–Crippen LogP) is 1.42. The van der Waals surface area contributed by atoms with Crippen LogP contribution >= 0.6 is 0 Å². The van der Waals surface area contributed by atoms with E-state index in [2.05, 4.69) is 10.0 Å². The van der Waals surface area contributed by atoms with E-state index in [1.54, 1.807) is 18.2 Å². The van der Waals surface area contributed by atoms with Crippen LogP contribution in [0.25, 0.3) is 0 Å². The van der Waals surface area contributed by atoms with E-state index in [9.17, 15) is 8.42 Å². The van der Waals surface area contributed by atoms with Gasteiger partial charge in [-0.15, -0.1) is 0 Å². The highest BCUT2D eigenvalue weighted by Crippen LogP contribution is 2.18. The van der Waals surface area contributed by atoms with Gasteiger partial charge in [0.25, 0.3) is 0 Å². The Morgan fingerprint density at radius 1 is 1.30 bits per heavy atom. The Labute approximate surface area is 120 Å². The maximum absolute atomic E-state index is 12.4. The first-order valence-corrected chi connectivity index (χ1v) is 8.38. The zero-order valence-corrected chi connectivity index (χ0v) is 12.7. The first-order chi connectivity index (χ1) is 9.53. The molecule has 1 unspecified atom stereocenters. The third-order valence-electron chi connectivity index (χ3n) is 3.64. The molecule has 6 heteroatoms. The molecule has 2 rings (SSSR count). The zero-order chi connectivity index (χ0) is 14.6. The highest BCUT2D eigenvalue weighted by atomic mass is 32.2. The molecule has 0 radical (unpaired) electrons. The van der Waals surface area contributed by atoms with Gasteiger partial charge in [-0.05, 0) is 44.5 Å². The molecular weight excluding hydrogens is 276 g/mol. The van der Waals surface area contributed by atoms with Crippen molar-refractivity contribution in [2.45, 2.75) is 36.7 Å². The van der Waals surface area contributed by atoms with Gasteiger partial charge >= 0.3 is 0 Å². The van der Waals surface area contributed by atoms with E-state index in [-0.39, 0.29) is 12.1 Å². The topological polar surface area (TPSA) is 67.4 Å². The van der Waals surface area contributed by atoms with Gasteiger partial charge in [0, 0.05) is 25.3 Å². The molecule has 0 aliphatic carbocycles. The lowest BCUT2D eigenvalue weighted by molar-refractivity contribution is 0.0832. The van der Waals surface area contributed by atoms with E-state index in [1.165, 1.54) is 0 Å². The van der Waals surface area contributed by atoms with Crippen molar-refractivity contribution in [3.63, 3.8) is 0 Å². The molecule has 1 heterocycles. The molecule has 2 N–H and O–H groups in total. The highest BCUT2D eigenvalue weighted by Gasteiger charge is 2.22. The molecule has 5 nitrogen and oxygen atoms in total. The quantitative estimate of drug-likeness (QED) is 0.863. The van der Waals surface area contributed by atoms with Crippen LogP contribution in [-0.2, 0) is 14.8 Å². The third-order valence-corrected chi connectivity index (χ3v) is 5.16. The molecule has 0 bridgehead atoms. The van der Waals surface area contributed by atoms with Crippen molar-refractivity contribution in [3.05, 3.63) is 29.8 Å². The lowest BCUT2D eigenvalue weighted by Gasteiger charge is -2.23. The van der Waals surface area contributed by atoms with Gasteiger partial charge < -0.3 is 10.1 Å². The molecule has 1 aromatic carbocycles. The Kier molecular flexibility index (Phi) is 5.15. The van der Waals surface area contributed by atoms with E-state index < -0.39 is 10.0 Å². The van der Waals surface area contributed by atoms with Crippen molar-refractivity contribution in [2.24, 2.45) is 0 Å². The van der Waals surface area contributed by atoms with Crippen LogP contribution in [-0.4, -0.2) is 34.7 Å². The lowest BCUT2D eigenvalue weighted by Crippen LogP contribution is -2.38. The molecule has 1 fully saturated rings. The fourth-order valence-electron chi connectivity index (χ4n) is 2.22. The Morgan fingerprint density at radius 2 is 2.00 bits per heavy atom. The first-order valence-electron chi connectivity index (χ1n) is 6.90. The summed E-state index contributed by atoms with van der Waals surface area (Å²) in [7, 11) is -1.60. The van der Waals surface area contributed by atoms with Crippen molar-refractivity contribution in [2.75, 3.05) is 20.3 Å². The summed E-state index contributed by atoms with van der Waals surface area (Å²) < 4.78 is 32.8. The zero-order valence-electron chi connectivity index (χ0n) is 11.9. The van der Waals surface area contributed by atoms with Gasteiger partial charge in [0.05, 0.1) is 4.90 Å². The summed E-state index contributed by atoms with van der Waals surface area (Å²) in [6.45, 7) is 3.23.